The number of aromatic nitrogens is 1. The fourth-order valence-electron chi connectivity index (χ4n) is 3.88. The predicted octanol–water partition coefficient (Wildman–Crippen LogP) is 4.35. The van der Waals surface area contributed by atoms with Gasteiger partial charge in [0, 0.05) is 24.2 Å². The predicted molar refractivity (Wildman–Crippen MR) is 123 cm³/mol. The van der Waals surface area contributed by atoms with Gasteiger partial charge in [0.05, 0.1) is 18.7 Å². The Bertz CT molecular complexity index is 1240. The van der Waals surface area contributed by atoms with Gasteiger partial charge in [-0.25, -0.2) is 18.4 Å². The van der Waals surface area contributed by atoms with Gasteiger partial charge in [-0.15, -0.1) is 0 Å². The van der Waals surface area contributed by atoms with E-state index in [-0.39, 0.29) is 17.7 Å². The first-order valence-electron chi connectivity index (χ1n) is 10.9. The monoisotopic (exact) mass is 479 g/mol. The van der Waals surface area contributed by atoms with Gasteiger partial charge in [-0.1, -0.05) is 12.1 Å². The highest BCUT2D eigenvalue weighted by molar-refractivity contribution is 5.95. The summed E-state index contributed by atoms with van der Waals surface area (Å²) in [5.74, 6) is -1.56. The van der Waals surface area contributed by atoms with Crippen molar-refractivity contribution in [1.29, 1.82) is 0 Å². The Morgan fingerprint density at radius 1 is 1.00 bits per heavy atom. The van der Waals surface area contributed by atoms with Crippen molar-refractivity contribution >= 4 is 12.0 Å². The van der Waals surface area contributed by atoms with Gasteiger partial charge in [-0.3, -0.25) is 4.98 Å². The molecule has 9 heteroatoms. The number of methoxy groups -OCH3 is 1. The molecule has 0 spiro atoms. The minimum absolute atomic E-state index is 0.169. The largest absolute Gasteiger partial charge is 0.497 e. The van der Waals surface area contributed by atoms with Crippen LogP contribution in [0, 0.1) is 11.6 Å². The zero-order valence-electron chi connectivity index (χ0n) is 18.9. The molecule has 4 rings (SSSR count). The third-order valence-corrected chi connectivity index (χ3v) is 5.50. The number of urea groups is 1. The molecule has 0 aliphatic carbocycles. The van der Waals surface area contributed by atoms with Gasteiger partial charge in [-0.05, 0) is 65.9 Å². The number of hydrogen-bond acceptors (Lipinski definition) is 5. The fourth-order valence-corrected chi connectivity index (χ4v) is 3.88. The van der Waals surface area contributed by atoms with Gasteiger partial charge in [-0.2, -0.15) is 0 Å². The maximum atomic E-state index is 13.5. The first kappa shape index (κ1) is 23.9. The van der Waals surface area contributed by atoms with Crippen molar-refractivity contribution in [2.45, 2.75) is 25.5 Å². The third kappa shape index (κ3) is 6.00. The second-order valence-electron chi connectivity index (χ2n) is 7.91. The molecule has 0 saturated heterocycles. The minimum Gasteiger partial charge on any atom is -0.497 e. The van der Waals surface area contributed by atoms with Crippen molar-refractivity contribution in [3.8, 4) is 5.75 Å². The molecular formula is C26H23F2N3O4. The number of nitrogens with one attached hydrogen (secondary N) is 2. The van der Waals surface area contributed by atoms with Crippen LogP contribution in [0.5, 0.6) is 5.75 Å². The summed E-state index contributed by atoms with van der Waals surface area (Å²) < 4.78 is 37.8. The summed E-state index contributed by atoms with van der Waals surface area (Å²) >= 11 is 0. The number of carbonyl (C=O) groups excluding carboxylic acids is 2. The van der Waals surface area contributed by atoms with Crippen LogP contribution in [0.3, 0.4) is 0 Å². The number of amides is 2. The summed E-state index contributed by atoms with van der Waals surface area (Å²) in [5, 5.41) is 5.47. The second-order valence-corrected chi connectivity index (χ2v) is 7.91. The van der Waals surface area contributed by atoms with E-state index in [0.717, 1.165) is 23.8 Å². The standard InChI is InChI=1S/C26H23F2N3O4/c1-34-21-4-2-3-16(13-21)5-6-22-23(24(31-26(33)30-22)18-7-9-29-10-8-18)25(32)35-15-17-11-19(27)14-20(28)12-17/h2-4,7-14,24H,5-6,15H2,1H3,(H2,30,31,33). The number of carbonyl (C=O) groups is 2. The maximum absolute atomic E-state index is 13.5. The summed E-state index contributed by atoms with van der Waals surface area (Å²) in [6, 6.07) is 12.5. The van der Waals surface area contributed by atoms with Crippen LogP contribution in [0.25, 0.3) is 0 Å². The van der Waals surface area contributed by atoms with E-state index >= 15 is 0 Å². The molecule has 7 nitrogen and oxygen atoms in total. The van der Waals surface area contributed by atoms with Crippen molar-refractivity contribution < 1.29 is 27.8 Å². The number of esters is 1. The molecule has 0 bridgehead atoms. The van der Waals surface area contributed by atoms with Crippen molar-refractivity contribution in [3.63, 3.8) is 0 Å². The highest BCUT2D eigenvalue weighted by Gasteiger charge is 2.33. The summed E-state index contributed by atoms with van der Waals surface area (Å²) in [6.07, 6.45) is 3.96. The molecule has 2 N–H and O–H groups in total. The number of nitrogens with zero attached hydrogens (tertiary/aromatic N) is 1. The average Bonchev–Trinajstić information content (AvgIpc) is 2.85. The van der Waals surface area contributed by atoms with Gasteiger partial charge in [0.15, 0.2) is 0 Å². The van der Waals surface area contributed by atoms with Crippen molar-refractivity contribution in [2.75, 3.05) is 7.11 Å². The van der Waals surface area contributed by atoms with E-state index in [4.69, 9.17) is 9.47 Å². The molecule has 1 aromatic heterocycles. The van der Waals surface area contributed by atoms with Gasteiger partial charge >= 0.3 is 12.0 Å². The zero-order valence-corrected chi connectivity index (χ0v) is 18.9. The third-order valence-electron chi connectivity index (χ3n) is 5.50. The number of hydrogen-bond donors (Lipinski definition) is 2. The second kappa shape index (κ2) is 10.8. The molecule has 1 unspecified atom stereocenters. The van der Waals surface area contributed by atoms with Crippen LogP contribution >= 0.6 is 0 Å². The topological polar surface area (TPSA) is 89.6 Å². The normalized spacial score (nSPS) is 15.3. The Hall–Kier alpha value is -4.27. The lowest BCUT2D eigenvalue weighted by atomic mass is 9.93. The van der Waals surface area contributed by atoms with Gasteiger partial charge in [0.1, 0.15) is 24.0 Å². The molecule has 1 aliphatic heterocycles. The number of pyridine rings is 1. The summed E-state index contributed by atoms with van der Waals surface area (Å²) in [5.41, 5.74) is 2.36. The first-order chi connectivity index (χ1) is 16.9. The Morgan fingerprint density at radius 3 is 2.46 bits per heavy atom. The maximum Gasteiger partial charge on any atom is 0.338 e. The number of halogens is 2. The summed E-state index contributed by atoms with van der Waals surface area (Å²) in [7, 11) is 1.58. The molecule has 0 fully saturated rings. The Morgan fingerprint density at radius 2 is 1.74 bits per heavy atom. The van der Waals surface area contributed by atoms with Crippen LogP contribution in [0.1, 0.15) is 29.2 Å². The zero-order chi connectivity index (χ0) is 24.8. The minimum atomic E-state index is -0.788. The number of ether oxygens (including phenoxy) is 2. The van der Waals surface area contributed by atoms with E-state index < -0.39 is 29.7 Å². The molecule has 0 saturated carbocycles. The highest BCUT2D eigenvalue weighted by Crippen LogP contribution is 2.30. The molecule has 180 valence electrons. The van der Waals surface area contributed by atoms with Crippen LogP contribution in [0.4, 0.5) is 13.6 Å². The molecule has 2 aromatic carbocycles. The average molecular weight is 479 g/mol. The van der Waals surface area contributed by atoms with Gasteiger partial charge in [0.25, 0.3) is 0 Å². The van der Waals surface area contributed by atoms with Gasteiger partial charge < -0.3 is 20.1 Å². The molecule has 0 radical (unpaired) electrons. The molecular weight excluding hydrogens is 456 g/mol. The van der Waals surface area contributed by atoms with E-state index in [9.17, 15) is 18.4 Å². The SMILES string of the molecule is COc1cccc(CCC2=C(C(=O)OCc3cc(F)cc(F)c3)C(c3ccncc3)NC(=O)N2)c1. The Balaban J connectivity index is 1.64. The highest BCUT2D eigenvalue weighted by atomic mass is 19.1. The number of aryl methyl sites for hydroxylation is 1. The molecule has 1 atom stereocenters. The van der Waals surface area contributed by atoms with E-state index in [1.807, 2.05) is 24.3 Å². The quantitative estimate of drug-likeness (QED) is 0.469. The van der Waals surface area contributed by atoms with E-state index in [0.29, 0.717) is 29.9 Å². The first-order valence-corrected chi connectivity index (χ1v) is 10.9. The number of benzene rings is 2. The Labute approximate surface area is 200 Å². The van der Waals surface area contributed by atoms with Crippen LogP contribution < -0.4 is 15.4 Å². The summed E-state index contributed by atoms with van der Waals surface area (Å²) in [4.78, 5) is 29.7. The Kier molecular flexibility index (Phi) is 7.35. The van der Waals surface area contributed by atoms with Crippen LogP contribution in [0.15, 0.2) is 78.3 Å². The molecule has 3 aromatic rings. The van der Waals surface area contributed by atoms with Crippen molar-refractivity contribution in [2.24, 2.45) is 0 Å². The van der Waals surface area contributed by atoms with Gasteiger partial charge in [0.2, 0.25) is 0 Å². The number of rotatable bonds is 8. The smallest absolute Gasteiger partial charge is 0.338 e. The number of allylic oxidation sites excluding steroid dienone is 1. The summed E-state index contributed by atoms with van der Waals surface area (Å²) in [6.45, 7) is -0.336. The molecule has 1 aliphatic rings. The molecule has 2 heterocycles. The van der Waals surface area contributed by atoms with Crippen molar-refractivity contribution in [1.82, 2.24) is 15.6 Å². The molecule has 2 amide bonds. The van der Waals surface area contributed by atoms with E-state index in [1.54, 1.807) is 31.6 Å². The van der Waals surface area contributed by atoms with Crippen LogP contribution in [-0.2, 0) is 22.6 Å². The lowest BCUT2D eigenvalue weighted by Gasteiger charge is -2.29. The lowest BCUT2D eigenvalue weighted by Crippen LogP contribution is -2.46. The van der Waals surface area contributed by atoms with Crippen LogP contribution in [0.2, 0.25) is 0 Å². The van der Waals surface area contributed by atoms with Crippen LogP contribution in [-0.4, -0.2) is 24.1 Å². The molecule has 35 heavy (non-hydrogen) atoms. The fraction of sp³-hybridized carbons (Fsp3) is 0.192. The van der Waals surface area contributed by atoms with Crippen molar-refractivity contribution in [3.05, 3.63) is 107 Å². The van der Waals surface area contributed by atoms with E-state index in [2.05, 4.69) is 15.6 Å². The lowest BCUT2D eigenvalue weighted by molar-refractivity contribution is -0.140. The van der Waals surface area contributed by atoms with E-state index in [1.165, 1.54) is 0 Å².